The first-order chi connectivity index (χ1) is 13.0. The van der Waals surface area contributed by atoms with Crippen LogP contribution in [-0.2, 0) is 0 Å². The summed E-state index contributed by atoms with van der Waals surface area (Å²) in [6.45, 7) is 10.3. The lowest BCUT2D eigenvalue weighted by Gasteiger charge is -2.36. The lowest BCUT2D eigenvalue weighted by atomic mass is 10.2. The summed E-state index contributed by atoms with van der Waals surface area (Å²) < 4.78 is 11.2. The number of halogens is 1. The quantitative estimate of drug-likeness (QED) is 0.320. The fraction of sp³-hybridized carbons (Fsp3) is 0.650. The molecule has 7 nitrogen and oxygen atoms in total. The number of ether oxygens (including phenoxy) is 2. The fourth-order valence-electron chi connectivity index (χ4n) is 3.05. The third-order valence-electron chi connectivity index (χ3n) is 4.89. The first-order valence-electron chi connectivity index (χ1n) is 9.69. The van der Waals surface area contributed by atoms with Gasteiger partial charge in [0.15, 0.2) is 5.96 Å². The van der Waals surface area contributed by atoms with Gasteiger partial charge in [0.2, 0.25) is 0 Å². The standard InChI is InChI=1S/C20H35N5O2.HI/c1-16(25-11-9-24(4)10-12-25)14-22-20(21-3)23-15-17(2)27-19-8-6-7-18(13-19)26-5;/h6-8,13,16-17H,9-12,14-15H2,1-5H3,(H2,21,22,23);1H. The monoisotopic (exact) mass is 505 g/mol. The molecule has 0 amide bonds. The van der Waals surface area contributed by atoms with Crippen molar-refractivity contribution in [3.8, 4) is 11.5 Å². The van der Waals surface area contributed by atoms with Gasteiger partial charge in [0.1, 0.15) is 17.6 Å². The lowest BCUT2D eigenvalue weighted by Crippen LogP contribution is -2.52. The third kappa shape index (κ3) is 8.40. The van der Waals surface area contributed by atoms with Gasteiger partial charge in [0.25, 0.3) is 0 Å². The third-order valence-corrected chi connectivity index (χ3v) is 4.89. The lowest BCUT2D eigenvalue weighted by molar-refractivity contribution is 0.120. The van der Waals surface area contributed by atoms with Gasteiger partial charge in [0.05, 0.1) is 13.7 Å². The van der Waals surface area contributed by atoms with Crippen molar-refractivity contribution in [1.82, 2.24) is 20.4 Å². The van der Waals surface area contributed by atoms with Crippen molar-refractivity contribution in [2.24, 2.45) is 4.99 Å². The van der Waals surface area contributed by atoms with Gasteiger partial charge in [-0.15, -0.1) is 24.0 Å². The Bertz CT molecular complexity index is 594. The van der Waals surface area contributed by atoms with Gasteiger partial charge < -0.3 is 25.0 Å². The molecule has 1 aliphatic rings. The number of guanidine groups is 1. The molecule has 0 radical (unpaired) electrons. The maximum absolute atomic E-state index is 5.94. The minimum atomic E-state index is 0. The van der Waals surface area contributed by atoms with E-state index < -0.39 is 0 Å². The molecule has 1 fully saturated rings. The van der Waals surface area contributed by atoms with E-state index in [0.717, 1.165) is 50.2 Å². The molecule has 28 heavy (non-hydrogen) atoms. The second-order valence-electron chi connectivity index (χ2n) is 7.13. The van der Waals surface area contributed by atoms with Crippen LogP contribution in [0.25, 0.3) is 0 Å². The number of nitrogens with zero attached hydrogens (tertiary/aromatic N) is 3. The Kier molecular flexibility index (Phi) is 11.6. The molecule has 0 saturated carbocycles. The SMILES string of the molecule is CN=C(NCC(C)Oc1cccc(OC)c1)NCC(C)N1CCN(C)CC1.I. The van der Waals surface area contributed by atoms with Crippen LogP contribution < -0.4 is 20.1 Å². The van der Waals surface area contributed by atoms with Gasteiger partial charge in [-0.25, -0.2) is 0 Å². The predicted octanol–water partition coefficient (Wildman–Crippen LogP) is 1.88. The molecular formula is C20H36IN5O2. The Morgan fingerprint density at radius 2 is 1.75 bits per heavy atom. The number of hydrogen-bond acceptors (Lipinski definition) is 5. The molecule has 2 N–H and O–H groups in total. The summed E-state index contributed by atoms with van der Waals surface area (Å²) in [7, 11) is 5.63. The maximum Gasteiger partial charge on any atom is 0.191 e. The molecule has 8 heteroatoms. The molecule has 1 heterocycles. The van der Waals surface area contributed by atoms with Gasteiger partial charge in [-0.2, -0.15) is 0 Å². The summed E-state index contributed by atoms with van der Waals surface area (Å²) in [4.78, 5) is 9.21. The molecule has 0 spiro atoms. The fourth-order valence-corrected chi connectivity index (χ4v) is 3.05. The van der Waals surface area contributed by atoms with Crippen molar-refractivity contribution in [3.63, 3.8) is 0 Å². The van der Waals surface area contributed by atoms with Crippen LogP contribution in [0.15, 0.2) is 29.3 Å². The van der Waals surface area contributed by atoms with Crippen LogP contribution in [0.3, 0.4) is 0 Å². The van der Waals surface area contributed by atoms with Crippen molar-refractivity contribution < 1.29 is 9.47 Å². The predicted molar refractivity (Wildman–Crippen MR) is 126 cm³/mol. The zero-order chi connectivity index (χ0) is 19.6. The smallest absolute Gasteiger partial charge is 0.191 e. The number of methoxy groups -OCH3 is 1. The van der Waals surface area contributed by atoms with Crippen LogP contribution in [-0.4, -0.2) is 88.4 Å². The maximum atomic E-state index is 5.94. The Morgan fingerprint density at radius 1 is 1.11 bits per heavy atom. The number of rotatable bonds is 8. The van der Waals surface area contributed by atoms with E-state index in [9.17, 15) is 0 Å². The molecule has 160 valence electrons. The summed E-state index contributed by atoms with van der Waals surface area (Å²) in [6, 6.07) is 8.13. The van der Waals surface area contributed by atoms with E-state index in [1.54, 1.807) is 14.2 Å². The Balaban J connectivity index is 0.00000392. The first-order valence-corrected chi connectivity index (χ1v) is 9.69. The van der Waals surface area contributed by atoms with E-state index in [1.165, 1.54) is 0 Å². The Morgan fingerprint density at radius 3 is 2.39 bits per heavy atom. The second-order valence-corrected chi connectivity index (χ2v) is 7.13. The van der Waals surface area contributed by atoms with Gasteiger partial charge in [-0.1, -0.05) is 6.07 Å². The second kappa shape index (κ2) is 13.1. The highest BCUT2D eigenvalue weighted by Crippen LogP contribution is 2.19. The molecule has 2 rings (SSSR count). The van der Waals surface area contributed by atoms with Gasteiger partial charge in [0, 0.05) is 51.9 Å². The molecule has 1 aromatic rings. The summed E-state index contributed by atoms with van der Waals surface area (Å²) in [5.74, 6) is 2.40. The van der Waals surface area contributed by atoms with E-state index in [-0.39, 0.29) is 30.1 Å². The molecule has 1 aliphatic heterocycles. The zero-order valence-corrected chi connectivity index (χ0v) is 20.1. The number of nitrogens with one attached hydrogen (secondary N) is 2. The van der Waals surface area contributed by atoms with Gasteiger partial charge in [-0.3, -0.25) is 9.89 Å². The van der Waals surface area contributed by atoms with Crippen LogP contribution in [0.5, 0.6) is 11.5 Å². The molecule has 0 aromatic heterocycles. The van der Waals surface area contributed by atoms with Crippen molar-refractivity contribution >= 4 is 29.9 Å². The van der Waals surface area contributed by atoms with Crippen molar-refractivity contribution in [2.75, 3.05) is 60.5 Å². The minimum Gasteiger partial charge on any atom is -0.497 e. The summed E-state index contributed by atoms with van der Waals surface area (Å²) >= 11 is 0. The van der Waals surface area contributed by atoms with Crippen LogP contribution in [0.4, 0.5) is 0 Å². The first kappa shape index (κ1) is 24.8. The van der Waals surface area contributed by atoms with Crippen LogP contribution in [0.1, 0.15) is 13.8 Å². The average molecular weight is 505 g/mol. The number of aliphatic imine (C=N–C) groups is 1. The molecule has 2 atom stereocenters. The topological polar surface area (TPSA) is 61.4 Å². The van der Waals surface area contributed by atoms with E-state index >= 15 is 0 Å². The number of piperazine rings is 1. The highest BCUT2D eigenvalue weighted by Gasteiger charge is 2.19. The number of likely N-dealkylation sites (N-methyl/N-ethyl adjacent to an activating group) is 1. The molecule has 0 aliphatic carbocycles. The normalized spacial score (nSPS) is 18.0. The molecule has 1 saturated heterocycles. The van der Waals surface area contributed by atoms with Gasteiger partial charge >= 0.3 is 0 Å². The van der Waals surface area contributed by atoms with Crippen molar-refractivity contribution in [1.29, 1.82) is 0 Å². The largest absolute Gasteiger partial charge is 0.497 e. The van der Waals surface area contributed by atoms with E-state index in [0.29, 0.717) is 12.6 Å². The molecule has 0 bridgehead atoms. The molecule has 2 unspecified atom stereocenters. The zero-order valence-electron chi connectivity index (χ0n) is 17.8. The highest BCUT2D eigenvalue weighted by molar-refractivity contribution is 14.0. The number of hydrogen-bond donors (Lipinski definition) is 2. The van der Waals surface area contributed by atoms with Gasteiger partial charge in [-0.05, 0) is 33.0 Å². The van der Waals surface area contributed by atoms with Crippen molar-refractivity contribution in [3.05, 3.63) is 24.3 Å². The van der Waals surface area contributed by atoms with E-state index in [1.807, 2.05) is 31.2 Å². The molecule has 1 aromatic carbocycles. The molecular weight excluding hydrogens is 469 g/mol. The summed E-state index contributed by atoms with van der Waals surface area (Å²) in [6.07, 6.45) is 0.00529. The van der Waals surface area contributed by atoms with E-state index in [2.05, 4.69) is 39.4 Å². The van der Waals surface area contributed by atoms with Crippen LogP contribution >= 0.6 is 24.0 Å². The van der Waals surface area contributed by atoms with E-state index in [4.69, 9.17) is 9.47 Å². The number of benzene rings is 1. The Labute approximate surface area is 186 Å². The summed E-state index contributed by atoms with van der Waals surface area (Å²) in [5.41, 5.74) is 0. The van der Waals surface area contributed by atoms with Crippen LogP contribution in [0.2, 0.25) is 0 Å². The summed E-state index contributed by atoms with van der Waals surface area (Å²) in [5, 5.41) is 6.76. The minimum absolute atomic E-state index is 0. The van der Waals surface area contributed by atoms with Crippen LogP contribution in [0, 0.1) is 0 Å². The average Bonchev–Trinajstić information content (AvgIpc) is 2.68. The highest BCUT2D eigenvalue weighted by atomic mass is 127. The van der Waals surface area contributed by atoms with Crippen molar-refractivity contribution in [2.45, 2.75) is 26.0 Å². The Hall–Kier alpha value is -1.26.